The maximum absolute atomic E-state index is 13.8. The highest BCUT2D eigenvalue weighted by molar-refractivity contribution is 7.18. The van der Waals surface area contributed by atoms with Crippen molar-refractivity contribution >= 4 is 21.6 Å². The number of rotatable bonds is 4. The Morgan fingerprint density at radius 2 is 1.66 bits per heavy atom. The van der Waals surface area contributed by atoms with Crippen molar-refractivity contribution in [3.63, 3.8) is 0 Å². The largest absolute Gasteiger partial charge is 0.337 e. The lowest BCUT2D eigenvalue weighted by Gasteiger charge is -2.16. The average molecular weight is 445 g/mol. The van der Waals surface area contributed by atoms with Crippen LogP contribution >= 0.6 is 11.3 Å². The molecule has 0 N–H and O–H groups in total. The Morgan fingerprint density at radius 1 is 0.969 bits per heavy atom. The average Bonchev–Trinajstić information content (AvgIpc) is 3.34. The van der Waals surface area contributed by atoms with Crippen LogP contribution in [0.3, 0.4) is 0 Å². The molecule has 5 rings (SSSR count). The van der Waals surface area contributed by atoms with Crippen molar-refractivity contribution in [2.45, 2.75) is 59.9 Å². The Kier molecular flexibility index (Phi) is 5.17. The topological polar surface area (TPSA) is 44.0 Å². The van der Waals surface area contributed by atoms with Gasteiger partial charge in [-0.2, -0.15) is 0 Å². The lowest BCUT2D eigenvalue weighted by atomic mass is 10.00. The Balaban J connectivity index is 1.81. The van der Waals surface area contributed by atoms with Gasteiger partial charge in [0.25, 0.3) is 5.56 Å². The molecule has 0 amide bonds. The van der Waals surface area contributed by atoms with E-state index in [0.29, 0.717) is 12.2 Å². The summed E-state index contributed by atoms with van der Waals surface area (Å²) in [7, 11) is 0. The summed E-state index contributed by atoms with van der Waals surface area (Å²) in [6.45, 7) is 8.87. The molecule has 32 heavy (non-hydrogen) atoms. The monoisotopic (exact) mass is 444 g/mol. The summed E-state index contributed by atoms with van der Waals surface area (Å²) in [5, 5.41) is 0.740. The number of aryl methyl sites for hydroxylation is 6. The second-order valence-electron chi connectivity index (χ2n) is 8.94. The number of hydrogen-bond donors (Lipinski definition) is 0. The van der Waals surface area contributed by atoms with Crippen LogP contribution in [0.15, 0.2) is 46.0 Å². The van der Waals surface area contributed by atoms with Crippen LogP contribution in [0.5, 0.6) is 0 Å². The van der Waals surface area contributed by atoms with Crippen LogP contribution < -0.4 is 11.2 Å². The molecule has 1 aliphatic carbocycles. The summed E-state index contributed by atoms with van der Waals surface area (Å²) in [6.07, 6.45) is 3.91. The zero-order chi connectivity index (χ0) is 22.6. The third kappa shape index (κ3) is 3.27. The molecule has 0 atom stereocenters. The van der Waals surface area contributed by atoms with E-state index in [9.17, 15) is 9.59 Å². The first-order valence-electron chi connectivity index (χ1n) is 11.3. The smallest absolute Gasteiger partial charge is 0.279 e. The lowest BCUT2D eigenvalue weighted by Crippen LogP contribution is -2.39. The molecule has 5 heteroatoms. The zero-order valence-corrected chi connectivity index (χ0v) is 19.9. The highest BCUT2D eigenvalue weighted by Gasteiger charge is 2.25. The van der Waals surface area contributed by atoms with Crippen LogP contribution in [-0.2, 0) is 25.8 Å². The molecule has 0 fully saturated rings. The molecule has 2 heterocycles. The van der Waals surface area contributed by atoms with E-state index in [1.54, 1.807) is 11.3 Å². The van der Waals surface area contributed by atoms with Gasteiger partial charge in [-0.15, -0.1) is 11.3 Å². The van der Waals surface area contributed by atoms with Gasteiger partial charge in [0, 0.05) is 4.88 Å². The molecule has 2 aromatic heterocycles. The standard InChI is InChI=1S/C27H28N2O2S/c1-5-19-9-11-20(12-10-19)29-25(30)24-21-7-6-8-23(21)32-26(24)28(27(29)31)15-22-17(3)13-16(2)14-18(22)4/h9-14H,5-8,15H2,1-4H3. The molecule has 0 radical (unpaired) electrons. The van der Waals surface area contributed by atoms with E-state index in [-0.39, 0.29) is 11.2 Å². The molecule has 0 aliphatic heterocycles. The van der Waals surface area contributed by atoms with Crippen molar-refractivity contribution in [3.05, 3.63) is 95.5 Å². The first kappa shape index (κ1) is 21.0. The number of thiophene rings is 1. The van der Waals surface area contributed by atoms with E-state index in [0.717, 1.165) is 47.0 Å². The number of fused-ring (bicyclic) bond motifs is 3. The SMILES string of the molecule is CCc1ccc(-n2c(=O)c3c4c(sc3n(Cc3c(C)cc(C)cc3C)c2=O)CCC4)cc1. The summed E-state index contributed by atoms with van der Waals surface area (Å²) in [6, 6.07) is 12.1. The third-order valence-electron chi connectivity index (χ3n) is 6.75. The van der Waals surface area contributed by atoms with Gasteiger partial charge in [0.05, 0.1) is 17.6 Å². The molecule has 164 valence electrons. The third-order valence-corrected chi connectivity index (χ3v) is 8.06. The quantitative estimate of drug-likeness (QED) is 0.432. The zero-order valence-electron chi connectivity index (χ0n) is 19.1. The van der Waals surface area contributed by atoms with Crippen molar-refractivity contribution in [2.24, 2.45) is 0 Å². The molecule has 2 aromatic carbocycles. The van der Waals surface area contributed by atoms with E-state index in [4.69, 9.17) is 0 Å². The summed E-state index contributed by atoms with van der Waals surface area (Å²) in [5.41, 5.74) is 7.27. The van der Waals surface area contributed by atoms with Crippen LogP contribution in [0, 0.1) is 20.8 Å². The van der Waals surface area contributed by atoms with Crippen molar-refractivity contribution < 1.29 is 0 Å². The number of aromatic nitrogens is 2. The number of nitrogens with zero attached hydrogens (tertiary/aromatic N) is 2. The van der Waals surface area contributed by atoms with Crippen molar-refractivity contribution in [3.8, 4) is 5.69 Å². The van der Waals surface area contributed by atoms with Crippen molar-refractivity contribution in [2.75, 3.05) is 0 Å². The normalized spacial score (nSPS) is 13.1. The molecule has 4 aromatic rings. The summed E-state index contributed by atoms with van der Waals surface area (Å²) in [4.78, 5) is 29.6. The van der Waals surface area contributed by atoms with Crippen LogP contribution in [0.4, 0.5) is 0 Å². The van der Waals surface area contributed by atoms with Crippen molar-refractivity contribution in [1.82, 2.24) is 9.13 Å². The molecule has 0 saturated carbocycles. The number of benzene rings is 2. The highest BCUT2D eigenvalue weighted by atomic mass is 32.1. The van der Waals surface area contributed by atoms with Crippen LogP contribution in [-0.4, -0.2) is 9.13 Å². The molecule has 0 bridgehead atoms. The molecular weight excluding hydrogens is 416 g/mol. The predicted octanol–water partition coefficient (Wildman–Crippen LogP) is 5.24. The fourth-order valence-electron chi connectivity index (χ4n) is 5.07. The first-order valence-corrected chi connectivity index (χ1v) is 12.2. The van der Waals surface area contributed by atoms with E-state index in [1.165, 1.54) is 31.7 Å². The molecule has 0 spiro atoms. The van der Waals surface area contributed by atoms with Gasteiger partial charge in [0.15, 0.2) is 0 Å². The fraction of sp³-hybridized carbons (Fsp3) is 0.333. The summed E-state index contributed by atoms with van der Waals surface area (Å²) < 4.78 is 3.21. The Labute approximate surface area is 191 Å². The Morgan fingerprint density at radius 3 is 2.31 bits per heavy atom. The van der Waals surface area contributed by atoms with Crippen molar-refractivity contribution in [1.29, 1.82) is 0 Å². The second-order valence-corrected chi connectivity index (χ2v) is 10.0. The lowest BCUT2D eigenvalue weighted by molar-refractivity contribution is 0.713. The van der Waals surface area contributed by atoms with Crippen LogP contribution in [0.1, 0.15) is 51.6 Å². The minimum atomic E-state index is -0.258. The first-order chi connectivity index (χ1) is 15.4. The van der Waals surface area contributed by atoms with E-state index < -0.39 is 0 Å². The van der Waals surface area contributed by atoms with Crippen LogP contribution in [0.2, 0.25) is 0 Å². The van der Waals surface area contributed by atoms with Gasteiger partial charge in [-0.1, -0.05) is 36.8 Å². The summed E-state index contributed by atoms with van der Waals surface area (Å²) >= 11 is 1.64. The molecule has 1 aliphatic rings. The van der Waals surface area contributed by atoms with Gasteiger partial charge in [-0.05, 0) is 86.4 Å². The molecule has 0 saturated heterocycles. The number of hydrogen-bond acceptors (Lipinski definition) is 3. The minimum absolute atomic E-state index is 0.178. The minimum Gasteiger partial charge on any atom is -0.279 e. The van der Waals surface area contributed by atoms with E-state index >= 15 is 0 Å². The predicted molar refractivity (Wildman–Crippen MR) is 133 cm³/mol. The second kappa shape index (κ2) is 7.89. The maximum atomic E-state index is 13.8. The van der Waals surface area contributed by atoms with Gasteiger partial charge in [0.2, 0.25) is 0 Å². The maximum Gasteiger partial charge on any atom is 0.337 e. The Bertz CT molecular complexity index is 1450. The Hall–Kier alpha value is -2.92. The van der Waals surface area contributed by atoms with E-state index in [1.807, 2.05) is 28.8 Å². The van der Waals surface area contributed by atoms with Gasteiger partial charge < -0.3 is 0 Å². The van der Waals surface area contributed by atoms with Gasteiger partial charge in [-0.3, -0.25) is 9.36 Å². The van der Waals surface area contributed by atoms with Gasteiger partial charge in [-0.25, -0.2) is 9.36 Å². The van der Waals surface area contributed by atoms with Gasteiger partial charge in [0.1, 0.15) is 4.83 Å². The summed E-state index contributed by atoms with van der Waals surface area (Å²) in [5.74, 6) is 0. The van der Waals surface area contributed by atoms with Gasteiger partial charge >= 0.3 is 5.69 Å². The highest BCUT2D eigenvalue weighted by Crippen LogP contribution is 2.35. The molecular formula is C27H28N2O2S. The molecule has 0 unspecified atom stereocenters. The van der Waals surface area contributed by atoms with E-state index in [2.05, 4.69) is 39.8 Å². The molecule has 4 nitrogen and oxygen atoms in total. The van der Waals surface area contributed by atoms with Crippen LogP contribution in [0.25, 0.3) is 15.9 Å². The fourth-order valence-corrected chi connectivity index (χ4v) is 6.44.